The number of hydrogen-bond acceptors (Lipinski definition) is 3. The zero-order chi connectivity index (χ0) is 12.5. The Morgan fingerprint density at radius 1 is 1.41 bits per heavy atom. The predicted octanol–water partition coefficient (Wildman–Crippen LogP) is 1.63. The van der Waals surface area contributed by atoms with Gasteiger partial charge in [0.2, 0.25) is 0 Å². The van der Waals surface area contributed by atoms with Crippen molar-refractivity contribution in [1.82, 2.24) is 9.88 Å². The Labute approximate surface area is 97.4 Å². The van der Waals surface area contributed by atoms with Crippen LogP contribution in [0.5, 0.6) is 0 Å². The van der Waals surface area contributed by atoms with Crippen LogP contribution in [0.1, 0.15) is 17.7 Å². The second kappa shape index (κ2) is 4.62. The molecule has 17 heavy (non-hydrogen) atoms. The third-order valence-electron chi connectivity index (χ3n) is 2.83. The van der Waals surface area contributed by atoms with E-state index in [0.29, 0.717) is 6.54 Å². The molecule has 3 nitrogen and oxygen atoms in total. The Bertz CT molecular complexity index is 375. The highest BCUT2D eigenvalue weighted by Crippen LogP contribution is 2.27. The minimum atomic E-state index is -4.37. The highest BCUT2D eigenvalue weighted by molar-refractivity contribution is 5.16. The van der Waals surface area contributed by atoms with Gasteiger partial charge >= 0.3 is 6.18 Å². The van der Waals surface area contributed by atoms with Crippen molar-refractivity contribution in [1.29, 1.82) is 0 Å². The van der Waals surface area contributed by atoms with Gasteiger partial charge in [0.05, 0.1) is 0 Å². The lowest BCUT2D eigenvalue weighted by Gasteiger charge is -2.15. The van der Waals surface area contributed by atoms with Crippen molar-refractivity contribution in [3.05, 3.63) is 29.6 Å². The molecule has 0 spiro atoms. The van der Waals surface area contributed by atoms with Gasteiger partial charge in [-0.15, -0.1) is 0 Å². The molecule has 0 aliphatic carbocycles. The molecule has 2 rings (SSSR count). The van der Waals surface area contributed by atoms with Gasteiger partial charge in [-0.2, -0.15) is 13.2 Å². The summed E-state index contributed by atoms with van der Waals surface area (Å²) >= 11 is 0. The van der Waals surface area contributed by atoms with E-state index in [1.807, 2.05) is 0 Å². The van der Waals surface area contributed by atoms with E-state index in [4.69, 9.17) is 5.73 Å². The third kappa shape index (κ3) is 3.17. The van der Waals surface area contributed by atoms with E-state index in [1.165, 1.54) is 12.3 Å². The fourth-order valence-corrected chi connectivity index (χ4v) is 1.95. The number of likely N-dealkylation sites (tertiary alicyclic amines) is 1. The fourth-order valence-electron chi connectivity index (χ4n) is 1.95. The highest BCUT2D eigenvalue weighted by Gasteiger charge is 2.32. The largest absolute Gasteiger partial charge is 0.433 e. The van der Waals surface area contributed by atoms with Crippen molar-refractivity contribution in [2.45, 2.75) is 25.2 Å². The molecule has 1 atom stereocenters. The molecule has 1 saturated heterocycles. The molecule has 2 N–H and O–H groups in total. The minimum absolute atomic E-state index is 0.178. The Hall–Kier alpha value is -1.14. The zero-order valence-corrected chi connectivity index (χ0v) is 9.24. The summed E-state index contributed by atoms with van der Waals surface area (Å²) in [5.41, 5.74) is 5.69. The van der Waals surface area contributed by atoms with Crippen LogP contribution in [0.4, 0.5) is 13.2 Å². The quantitative estimate of drug-likeness (QED) is 0.861. The van der Waals surface area contributed by atoms with E-state index in [9.17, 15) is 13.2 Å². The lowest BCUT2D eigenvalue weighted by molar-refractivity contribution is -0.141. The molecule has 1 fully saturated rings. The first-order valence-electron chi connectivity index (χ1n) is 5.45. The van der Waals surface area contributed by atoms with Crippen LogP contribution >= 0.6 is 0 Å². The van der Waals surface area contributed by atoms with Gasteiger partial charge in [0.25, 0.3) is 0 Å². The zero-order valence-electron chi connectivity index (χ0n) is 9.24. The Morgan fingerprint density at radius 3 is 2.65 bits per heavy atom. The van der Waals surface area contributed by atoms with Crippen molar-refractivity contribution in [2.24, 2.45) is 5.73 Å². The molecular weight excluding hydrogens is 231 g/mol. The molecule has 0 amide bonds. The van der Waals surface area contributed by atoms with Crippen molar-refractivity contribution in [3.8, 4) is 0 Å². The second-order valence-electron chi connectivity index (χ2n) is 4.33. The first-order chi connectivity index (χ1) is 7.95. The van der Waals surface area contributed by atoms with Crippen molar-refractivity contribution < 1.29 is 13.2 Å². The molecular formula is C11H14F3N3. The van der Waals surface area contributed by atoms with Gasteiger partial charge < -0.3 is 5.73 Å². The molecule has 0 aromatic carbocycles. The molecule has 6 heteroatoms. The van der Waals surface area contributed by atoms with Crippen LogP contribution in [0.25, 0.3) is 0 Å². The molecule has 1 aromatic rings. The van der Waals surface area contributed by atoms with E-state index in [-0.39, 0.29) is 6.04 Å². The molecule has 94 valence electrons. The van der Waals surface area contributed by atoms with Crippen LogP contribution in [0.15, 0.2) is 18.3 Å². The summed E-state index contributed by atoms with van der Waals surface area (Å²) in [6.07, 6.45) is -2.14. The number of nitrogens with two attached hydrogens (primary N) is 1. The van der Waals surface area contributed by atoms with E-state index in [0.717, 1.165) is 31.1 Å². The lowest BCUT2D eigenvalue weighted by Crippen LogP contribution is -2.26. The monoisotopic (exact) mass is 245 g/mol. The van der Waals surface area contributed by atoms with Gasteiger partial charge in [-0.25, -0.2) is 0 Å². The number of hydrogen-bond donors (Lipinski definition) is 1. The van der Waals surface area contributed by atoms with Crippen LogP contribution in [-0.4, -0.2) is 29.0 Å². The van der Waals surface area contributed by atoms with E-state index in [2.05, 4.69) is 9.88 Å². The molecule has 0 unspecified atom stereocenters. The van der Waals surface area contributed by atoms with Crippen molar-refractivity contribution >= 4 is 0 Å². The number of rotatable bonds is 2. The Morgan fingerprint density at radius 2 is 2.18 bits per heavy atom. The predicted molar refractivity (Wildman–Crippen MR) is 57.1 cm³/mol. The molecule has 2 heterocycles. The van der Waals surface area contributed by atoms with E-state index >= 15 is 0 Å². The van der Waals surface area contributed by atoms with Crippen LogP contribution < -0.4 is 5.73 Å². The third-order valence-corrected chi connectivity index (χ3v) is 2.83. The van der Waals surface area contributed by atoms with Gasteiger partial charge in [-0.3, -0.25) is 9.88 Å². The number of aromatic nitrogens is 1. The fraction of sp³-hybridized carbons (Fsp3) is 0.545. The van der Waals surface area contributed by atoms with E-state index < -0.39 is 11.9 Å². The number of alkyl halides is 3. The SMILES string of the molecule is N[C@@H]1CCN(Cc2ccc(C(F)(F)F)nc2)C1. The standard InChI is InChI=1S/C11H14F3N3/c12-11(13,14)10-2-1-8(5-16-10)6-17-4-3-9(15)7-17/h1-2,5,9H,3-4,6-7,15H2/t9-/m1/s1. The molecule has 0 saturated carbocycles. The average molecular weight is 245 g/mol. The van der Waals surface area contributed by atoms with Gasteiger partial charge in [0.15, 0.2) is 0 Å². The summed E-state index contributed by atoms with van der Waals surface area (Å²) < 4.78 is 36.9. The highest BCUT2D eigenvalue weighted by atomic mass is 19.4. The molecule has 0 radical (unpaired) electrons. The Kier molecular flexibility index (Phi) is 3.35. The maximum atomic E-state index is 12.3. The maximum Gasteiger partial charge on any atom is 0.433 e. The summed E-state index contributed by atoms with van der Waals surface area (Å²) in [7, 11) is 0. The van der Waals surface area contributed by atoms with Crippen molar-refractivity contribution in [2.75, 3.05) is 13.1 Å². The number of pyridine rings is 1. The van der Waals surface area contributed by atoms with E-state index in [1.54, 1.807) is 0 Å². The summed E-state index contributed by atoms with van der Waals surface area (Å²) in [5, 5.41) is 0. The maximum absolute atomic E-state index is 12.3. The molecule has 0 bridgehead atoms. The summed E-state index contributed by atoms with van der Waals surface area (Å²) in [6.45, 7) is 2.29. The second-order valence-corrected chi connectivity index (χ2v) is 4.33. The number of nitrogens with zero attached hydrogens (tertiary/aromatic N) is 2. The minimum Gasteiger partial charge on any atom is -0.326 e. The summed E-state index contributed by atoms with van der Waals surface area (Å²) in [6, 6.07) is 2.67. The first-order valence-corrected chi connectivity index (χ1v) is 5.45. The summed E-state index contributed by atoms with van der Waals surface area (Å²) in [4.78, 5) is 5.55. The molecule has 1 aromatic heterocycles. The topological polar surface area (TPSA) is 42.1 Å². The van der Waals surface area contributed by atoms with Crippen molar-refractivity contribution in [3.63, 3.8) is 0 Å². The van der Waals surface area contributed by atoms with Gasteiger partial charge in [0.1, 0.15) is 5.69 Å². The molecule has 1 aliphatic heterocycles. The van der Waals surface area contributed by atoms with Crippen LogP contribution in [-0.2, 0) is 12.7 Å². The molecule has 1 aliphatic rings. The van der Waals surface area contributed by atoms with Gasteiger partial charge in [0, 0.05) is 31.9 Å². The smallest absolute Gasteiger partial charge is 0.326 e. The van der Waals surface area contributed by atoms with Crippen LogP contribution in [0.2, 0.25) is 0 Å². The van der Waals surface area contributed by atoms with Gasteiger partial charge in [-0.05, 0) is 18.1 Å². The van der Waals surface area contributed by atoms with Crippen LogP contribution in [0.3, 0.4) is 0 Å². The average Bonchev–Trinajstić information content (AvgIpc) is 2.63. The summed E-state index contributed by atoms with van der Waals surface area (Å²) in [5.74, 6) is 0. The van der Waals surface area contributed by atoms with Crippen LogP contribution in [0, 0.1) is 0 Å². The number of halogens is 3. The lowest BCUT2D eigenvalue weighted by atomic mass is 10.2. The normalized spacial score (nSPS) is 22.0. The van der Waals surface area contributed by atoms with Gasteiger partial charge in [-0.1, -0.05) is 6.07 Å². The Balaban J connectivity index is 1.99. The first kappa shape index (κ1) is 12.3.